The summed E-state index contributed by atoms with van der Waals surface area (Å²) in [6, 6.07) is 0. The van der Waals surface area contributed by atoms with Gasteiger partial charge in [-0.3, -0.25) is 23.5 Å². The van der Waals surface area contributed by atoms with Gasteiger partial charge in [0.25, 0.3) is 26.1 Å². The highest BCUT2D eigenvalue weighted by molar-refractivity contribution is 8.06. The summed E-state index contributed by atoms with van der Waals surface area (Å²) in [4.78, 5) is 49.0. The van der Waals surface area contributed by atoms with Crippen LogP contribution >= 0.6 is 0 Å². The fourth-order valence-corrected chi connectivity index (χ4v) is 3.88. The molecule has 1 saturated heterocycles. The molecule has 1 rings (SSSR count). The number of carbonyl (C=O) groups excluding carboxylic acids is 3. The van der Waals surface area contributed by atoms with Crippen LogP contribution < -0.4 is 0 Å². The maximum absolute atomic E-state index is 11.8. The largest absolute Gasteiger partial charge is 0.481 e. The zero-order valence-electron chi connectivity index (χ0n) is 13.2. The van der Waals surface area contributed by atoms with Gasteiger partial charge in [-0.25, -0.2) is 4.79 Å². The lowest BCUT2D eigenvalue weighted by molar-refractivity contribution is -0.197. The van der Waals surface area contributed by atoms with Crippen molar-refractivity contribution in [3.63, 3.8) is 0 Å². The maximum Gasteiger partial charge on any atom is 0.333 e. The van der Waals surface area contributed by atoms with Crippen molar-refractivity contribution < 1.29 is 65.3 Å². The number of hydrogen-bond acceptors (Lipinski definition) is 11. The number of carbonyl (C=O) groups is 4. The number of carboxylic acid groups (broad SMARTS) is 1. The Kier molecular flexibility index (Phi) is 8.41. The summed E-state index contributed by atoms with van der Waals surface area (Å²) in [5.41, 5.74) is 0. The van der Waals surface area contributed by atoms with Gasteiger partial charge in [-0.15, -0.1) is 0 Å². The van der Waals surface area contributed by atoms with Crippen LogP contribution in [0.3, 0.4) is 0 Å². The van der Waals surface area contributed by atoms with Crippen molar-refractivity contribution in [3.05, 3.63) is 0 Å². The Bertz CT molecular complexity index is 779. The van der Waals surface area contributed by atoms with E-state index in [-0.39, 0.29) is 13.2 Å². The second kappa shape index (κ2) is 9.15. The average Bonchev–Trinajstić information content (AvgIpc) is 2.78. The maximum atomic E-state index is 11.8. The second-order valence-corrected chi connectivity index (χ2v) is 8.23. The molecule has 5 N–H and O–H groups in total. The third-order valence-corrected chi connectivity index (χ3v) is 6.36. The van der Waals surface area contributed by atoms with Crippen molar-refractivity contribution in [2.45, 2.75) is 23.3 Å². The second-order valence-electron chi connectivity index (χ2n) is 4.68. The van der Waals surface area contributed by atoms with Crippen molar-refractivity contribution in [3.8, 4) is 0 Å². The van der Waals surface area contributed by atoms with Crippen LogP contribution in [-0.4, -0.2) is 87.4 Å². The molecule has 0 aromatic carbocycles. The first-order valence-corrected chi connectivity index (χ1v) is 9.49. The fourth-order valence-electron chi connectivity index (χ4n) is 1.60. The summed E-state index contributed by atoms with van der Waals surface area (Å²) in [7, 11) is -11.7. The molecular formula is C10H15NO14S2. The fraction of sp³-hybridized carbons (Fsp3) is 0.600. The molecule has 0 saturated carbocycles. The summed E-state index contributed by atoms with van der Waals surface area (Å²) in [5, 5.41) is 23.0. The molecule has 0 bridgehead atoms. The van der Waals surface area contributed by atoms with Gasteiger partial charge in [0.05, 0.1) is 32.5 Å². The molecule has 0 unspecified atom stereocenters. The number of aliphatic carboxylic acids is 1. The number of nitrogens with zero attached hydrogens (tertiary/aromatic N) is 1. The minimum absolute atomic E-state index is 0.125. The third-order valence-electron chi connectivity index (χ3n) is 2.79. The van der Waals surface area contributed by atoms with Crippen molar-refractivity contribution in [1.82, 2.24) is 5.06 Å². The van der Waals surface area contributed by atoms with E-state index in [1.807, 2.05) is 0 Å². The molecule has 1 heterocycles. The van der Waals surface area contributed by atoms with E-state index < -0.39 is 72.4 Å². The minimum atomic E-state index is -5.83. The van der Waals surface area contributed by atoms with Crippen LogP contribution in [0.5, 0.6) is 0 Å². The summed E-state index contributed by atoms with van der Waals surface area (Å²) < 4.78 is 58.7. The van der Waals surface area contributed by atoms with Crippen LogP contribution in [0.15, 0.2) is 0 Å². The van der Waals surface area contributed by atoms with E-state index >= 15 is 0 Å². The molecule has 0 spiro atoms. The number of amides is 2. The van der Waals surface area contributed by atoms with Crippen molar-refractivity contribution >= 4 is 44.0 Å². The number of aliphatic hydroxyl groups excluding tert-OH is 2. The average molecular weight is 437 g/mol. The third kappa shape index (κ3) is 5.65. The molecule has 1 fully saturated rings. The highest BCUT2D eigenvalue weighted by Crippen LogP contribution is 2.36. The van der Waals surface area contributed by atoms with Gasteiger partial charge in [0, 0.05) is 0 Å². The Hall–Kier alpha value is -2.18. The lowest BCUT2D eigenvalue weighted by Gasteiger charge is -2.19. The van der Waals surface area contributed by atoms with Crippen LogP contribution in [0.25, 0.3) is 0 Å². The molecule has 1 aliphatic rings. The molecular weight excluding hydrogens is 422 g/mol. The Morgan fingerprint density at radius 1 is 1.00 bits per heavy atom. The quantitative estimate of drug-likeness (QED) is 0.191. The lowest BCUT2D eigenvalue weighted by Crippen LogP contribution is -2.52. The zero-order chi connectivity index (χ0) is 21.6. The summed E-state index contributed by atoms with van der Waals surface area (Å²) in [6.45, 7) is -0.250. The smallest absolute Gasteiger partial charge is 0.333 e. The Morgan fingerprint density at radius 3 is 1.74 bits per heavy atom. The molecule has 15 nitrogen and oxygen atoms in total. The Labute approximate surface area is 151 Å². The number of hydrogen-bond donors (Lipinski definition) is 5. The molecule has 0 aromatic heterocycles. The lowest BCUT2D eigenvalue weighted by atomic mass is 10.3. The summed E-state index contributed by atoms with van der Waals surface area (Å²) in [5.74, 6) is -6.77. The Morgan fingerprint density at radius 2 is 1.44 bits per heavy atom. The first kappa shape index (κ1) is 24.8. The molecule has 0 aromatic rings. The Balaban J connectivity index is 0.00000153. The van der Waals surface area contributed by atoms with Crippen LogP contribution in [0.4, 0.5) is 0 Å². The molecule has 17 heteroatoms. The van der Waals surface area contributed by atoms with Crippen LogP contribution in [0, 0.1) is 0 Å². The van der Waals surface area contributed by atoms with E-state index in [1.54, 1.807) is 0 Å². The van der Waals surface area contributed by atoms with E-state index in [4.69, 9.17) is 24.4 Å². The number of rotatable bonds is 7. The van der Waals surface area contributed by atoms with Crippen molar-refractivity contribution in [2.24, 2.45) is 0 Å². The van der Waals surface area contributed by atoms with E-state index in [9.17, 15) is 36.0 Å². The number of carboxylic acids is 1. The molecule has 0 atom stereocenters. The van der Waals surface area contributed by atoms with Crippen molar-refractivity contribution in [2.75, 3.05) is 13.2 Å². The predicted molar refractivity (Wildman–Crippen MR) is 79.4 cm³/mol. The van der Waals surface area contributed by atoms with Gasteiger partial charge >= 0.3 is 21.9 Å². The standard InChI is InChI=1S/C8H9NO12S2.C2H6O2/c10-4-3-8(22(15,16)17,23(18,19)20)7(14)9(4)21-6(13)2-1-5(11)12;3-1-2-4/h1-3H2,(H,11,12)(H,15,16,17)(H,18,19,20);3-4H,1-2H2. The van der Waals surface area contributed by atoms with Crippen LogP contribution in [0.2, 0.25) is 0 Å². The van der Waals surface area contributed by atoms with Crippen LogP contribution in [-0.2, 0) is 44.3 Å². The van der Waals surface area contributed by atoms with Gasteiger partial charge in [-0.05, 0) is 0 Å². The highest BCUT2D eigenvalue weighted by Gasteiger charge is 2.70. The summed E-state index contributed by atoms with van der Waals surface area (Å²) >= 11 is 0. The van der Waals surface area contributed by atoms with Crippen LogP contribution in [0.1, 0.15) is 19.3 Å². The first-order valence-electron chi connectivity index (χ1n) is 6.61. The molecule has 156 valence electrons. The monoisotopic (exact) mass is 437 g/mol. The van der Waals surface area contributed by atoms with Crippen molar-refractivity contribution in [1.29, 1.82) is 0 Å². The minimum Gasteiger partial charge on any atom is -0.481 e. The summed E-state index contributed by atoms with van der Waals surface area (Å²) in [6.07, 6.45) is -3.30. The molecule has 0 radical (unpaired) electrons. The normalized spacial score (nSPS) is 16.5. The van der Waals surface area contributed by atoms with E-state index in [2.05, 4.69) is 4.84 Å². The molecule has 2 amide bonds. The van der Waals surface area contributed by atoms with E-state index in [1.165, 1.54) is 0 Å². The molecule has 1 aliphatic heterocycles. The predicted octanol–water partition coefficient (Wildman–Crippen LogP) is -3.49. The van der Waals surface area contributed by atoms with Gasteiger partial charge in [0.1, 0.15) is 0 Å². The number of hydroxylamine groups is 2. The van der Waals surface area contributed by atoms with Gasteiger partial charge < -0.3 is 20.2 Å². The zero-order valence-corrected chi connectivity index (χ0v) is 14.8. The van der Waals surface area contributed by atoms with Gasteiger partial charge in [0.2, 0.25) is 0 Å². The van der Waals surface area contributed by atoms with Gasteiger partial charge in [0.15, 0.2) is 0 Å². The van der Waals surface area contributed by atoms with E-state index in [0.717, 1.165) is 0 Å². The topological polar surface area (TPSA) is 250 Å². The van der Waals surface area contributed by atoms with E-state index in [0.29, 0.717) is 0 Å². The number of imide groups is 1. The SMILES string of the molecule is O=C(O)CCC(=O)ON1C(=O)CC(S(=O)(=O)O)(S(=O)(=O)O)C1=O.OCCO. The molecule has 0 aliphatic carbocycles. The highest BCUT2D eigenvalue weighted by atomic mass is 32.3. The first-order chi connectivity index (χ1) is 12.2. The van der Waals surface area contributed by atoms with Gasteiger partial charge in [-0.2, -0.15) is 16.8 Å². The molecule has 27 heavy (non-hydrogen) atoms. The van der Waals surface area contributed by atoms with Gasteiger partial charge in [-0.1, -0.05) is 5.06 Å². The number of aliphatic hydroxyl groups is 2.